The van der Waals surface area contributed by atoms with Crippen molar-refractivity contribution in [3.63, 3.8) is 0 Å². The van der Waals surface area contributed by atoms with Gasteiger partial charge in [0.1, 0.15) is 5.82 Å². The van der Waals surface area contributed by atoms with Gasteiger partial charge >= 0.3 is 0 Å². The van der Waals surface area contributed by atoms with E-state index in [0.29, 0.717) is 0 Å². The molecule has 0 aliphatic rings. The van der Waals surface area contributed by atoms with Gasteiger partial charge in [0.2, 0.25) is 17.7 Å². The molecule has 2 aromatic rings. The fraction of sp³-hybridized carbons (Fsp3) is 0.0909. The zero-order valence-corrected chi connectivity index (χ0v) is 10.1. The first-order valence-electron chi connectivity index (χ1n) is 4.90. The van der Waals surface area contributed by atoms with Gasteiger partial charge in [-0.05, 0) is 12.1 Å². The molecule has 0 amide bonds. The molecule has 0 unspecified atom stereocenters. The second kappa shape index (κ2) is 5.05. The molecule has 5 nitrogen and oxygen atoms in total. The number of aromatic nitrogens is 2. The van der Waals surface area contributed by atoms with Crippen LogP contribution in [0.5, 0.6) is 17.5 Å². The van der Waals surface area contributed by atoms with E-state index < -0.39 is 5.82 Å². The zero-order chi connectivity index (χ0) is 13.1. The fourth-order valence-corrected chi connectivity index (χ4v) is 1.40. The number of halogens is 2. The van der Waals surface area contributed by atoms with Gasteiger partial charge in [0.05, 0.1) is 18.2 Å². The standard InChI is InChI=1S/C11H9ClFN3O2/c1-17-9-5-10(16-11(14)15-9)18-8-4-6(13)2-3-7(8)12/h2-5H,1H3,(H2,14,15,16). The summed E-state index contributed by atoms with van der Waals surface area (Å²) in [5, 5.41) is 0.257. The van der Waals surface area contributed by atoms with Crippen molar-refractivity contribution in [2.24, 2.45) is 0 Å². The molecule has 0 atom stereocenters. The average Bonchev–Trinajstić information content (AvgIpc) is 2.33. The lowest BCUT2D eigenvalue weighted by atomic mass is 10.3. The van der Waals surface area contributed by atoms with E-state index in [1.165, 1.54) is 25.3 Å². The van der Waals surface area contributed by atoms with Crippen LogP contribution in [0.2, 0.25) is 5.02 Å². The Balaban J connectivity index is 2.33. The molecule has 0 radical (unpaired) electrons. The Kier molecular flexibility index (Phi) is 3.47. The Hall–Kier alpha value is -2.08. The van der Waals surface area contributed by atoms with E-state index in [4.69, 9.17) is 26.8 Å². The Morgan fingerprint density at radius 3 is 2.67 bits per heavy atom. The van der Waals surface area contributed by atoms with Crippen molar-refractivity contribution in [2.45, 2.75) is 0 Å². The summed E-state index contributed by atoms with van der Waals surface area (Å²) in [6, 6.07) is 5.17. The summed E-state index contributed by atoms with van der Waals surface area (Å²) in [6.45, 7) is 0. The van der Waals surface area contributed by atoms with Crippen LogP contribution >= 0.6 is 11.6 Å². The number of hydrogen-bond acceptors (Lipinski definition) is 5. The van der Waals surface area contributed by atoms with Gasteiger partial charge in [0.25, 0.3) is 0 Å². The van der Waals surface area contributed by atoms with Gasteiger partial charge in [-0.2, -0.15) is 9.97 Å². The van der Waals surface area contributed by atoms with Crippen molar-refractivity contribution >= 4 is 17.5 Å². The van der Waals surface area contributed by atoms with Crippen LogP contribution in [0.1, 0.15) is 0 Å². The molecule has 1 aromatic carbocycles. The summed E-state index contributed by atoms with van der Waals surface area (Å²) in [5.41, 5.74) is 5.47. The Morgan fingerprint density at radius 1 is 1.22 bits per heavy atom. The van der Waals surface area contributed by atoms with E-state index in [2.05, 4.69) is 9.97 Å². The normalized spacial score (nSPS) is 10.2. The van der Waals surface area contributed by atoms with Crippen molar-refractivity contribution in [2.75, 3.05) is 12.8 Å². The van der Waals surface area contributed by atoms with E-state index >= 15 is 0 Å². The summed E-state index contributed by atoms with van der Waals surface area (Å²) < 4.78 is 23.3. The molecule has 0 bridgehead atoms. The van der Waals surface area contributed by atoms with E-state index in [1.807, 2.05) is 0 Å². The first-order chi connectivity index (χ1) is 8.58. The Labute approximate surface area is 107 Å². The molecule has 0 spiro atoms. The molecule has 0 saturated heterocycles. The first kappa shape index (κ1) is 12.4. The Morgan fingerprint density at radius 2 is 1.94 bits per heavy atom. The summed E-state index contributed by atoms with van der Waals surface area (Å²) in [7, 11) is 1.43. The van der Waals surface area contributed by atoms with Crippen LogP contribution in [0.15, 0.2) is 24.3 Å². The van der Waals surface area contributed by atoms with E-state index in [1.54, 1.807) is 0 Å². The number of nitrogens with two attached hydrogens (primary N) is 1. The molecular weight excluding hydrogens is 261 g/mol. The number of benzene rings is 1. The Bertz CT molecular complexity index is 580. The second-order valence-corrected chi connectivity index (χ2v) is 3.69. The molecule has 18 heavy (non-hydrogen) atoms. The molecule has 0 fully saturated rings. The lowest BCUT2D eigenvalue weighted by Gasteiger charge is -2.08. The second-order valence-electron chi connectivity index (χ2n) is 3.28. The molecule has 0 aliphatic carbocycles. The van der Waals surface area contributed by atoms with Crippen LogP contribution in [0, 0.1) is 5.82 Å². The fourth-order valence-electron chi connectivity index (χ4n) is 1.25. The quantitative estimate of drug-likeness (QED) is 0.927. The topological polar surface area (TPSA) is 70.3 Å². The van der Waals surface area contributed by atoms with Crippen LogP contribution in [-0.4, -0.2) is 17.1 Å². The zero-order valence-electron chi connectivity index (χ0n) is 9.35. The molecular formula is C11H9ClFN3O2. The minimum Gasteiger partial charge on any atom is -0.481 e. The summed E-state index contributed by atoms with van der Waals surface area (Å²) in [6.07, 6.45) is 0. The van der Waals surface area contributed by atoms with Gasteiger partial charge < -0.3 is 15.2 Å². The van der Waals surface area contributed by atoms with Gasteiger partial charge in [-0.25, -0.2) is 4.39 Å². The molecule has 1 aromatic heterocycles. The van der Waals surface area contributed by atoms with Crippen molar-refractivity contribution in [3.8, 4) is 17.5 Å². The highest BCUT2D eigenvalue weighted by Crippen LogP contribution is 2.30. The molecule has 7 heteroatoms. The molecule has 1 heterocycles. The monoisotopic (exact) mass is 269 g/mol. The average molecular weight is 270 g/mol. The third-order valence-corrected chi connectivity index (χ3v) is 2.33. The van der Waals surface area contributed by atoms with Crippen molar-refractivity contribution in [3.05, 3.63) is 35.1 Å². The molecule has 0 saturated carbocycles. The highest BCUT2D eigenvalue weighted by atomic mass is 35.5. The molecule has 0 aliphatic heterocycles. The number of anilines is 1. The number of methoxy groups -OCH3 is 1. The maximum Gasteiger partial charge on any atom is 0.227 e. The van der Waals surface area contributed by atoms with E-state index in [0.717, 1.165) is 6.07 Å². The number of nitrogens with zero attached hydrogens (tertiary/aromatic N) is 2. The lowest BCUT2D eigenvalue weighted by molar-refractivity contribution is 0.389. The van der Waals surface area contributed by atoms with Crippen molar-refractivity contribution < 1.29 is 13.9 Å². The van der Waals surface area contributed by atoms with Gasteiger partial charge in [0, 0.05) is 6.07 Å². The smallest absolute Gasteiger partial charge is 0.227 e. The van der Waals surface area contributed by atoms with E-state index in [-0.39, 0.29) is 28.5 Å². The molecule has 2 rings (SSSR count). The highest BCUT2D eigenvalue weighted by Gasteiger charge is 2.08. The highest BCUT2D eigenvalue weighted by molar-refractivity contribution is 6.32. The maximum atomic E-state index is 13.1. The van der Waals surface area contributed by atoms with Crippen molar-refractivity contribution in [1.82, 2.24) is 9.97 Å². The lowest BCUT2D eigenvalue weighted by Crippen LogP contribution is -1.99. The van der Waals surface area contributed by atoms with Gasteiger partial charge in [-0.3, -0.25) is 0 Å². The summed E-state index contributed by atoms with van der Waals surface area (Å²) >= 11 is 5.86. The SMILES string of the molecule is COc1cc(Oc2cc(F)ccc2Cl)nc(N)n1. The predicted octanol–water partition coefficient (Wildman–Crippen LogP) is 2.65. The third kappa shape index (κ3) is 2.78. The minimum absolute atomic E-state index is 0.0168. The number of ether oxygens (including phenoxy) is 2. The van der Waals surface area contributed by atoms with Crippen molar-refractivity contribution in [1.29, 1.82) is 0 Å². The summed E-state index contributed by atoms with van der Waals surface area (Å²) in [4.78, 5) is 7.62. The third-order valence-electron chi connectivity index (χ3n) is 2.01. The van der Waals surface area contributed by atoms with Crippen LogP contribution in [0.25, 0.3) is 0 Å². The van der Waals surface area contributed by atoms with Crippen LogP contribution in [0.4, 0.5) is 10.3 Å². The number of nitrogen functional groups attached to an aromatic ring is 1. The van der Waals surface area contributed by atoms with Crippen LogP contribution in [-0.2, 0) is 0 Å². The molecule has 94 valence electrons. The first-order valence-corrected chi connectivity index (χ1v) is 5.28. The van der Waals surface area contributed by atoms with Crippen LogP contribution in [0.3, 0.4) is 0 Å². The molecule has 2 N–H and O–H groups in total. The van der Waals surface area contributed by atoms with Gasteiger partial charge in [-0.1, -0.05) is 11.6 Å². The summed E-state index contributed by atoms with van der Waals surface area (Å²) in [5.74, 6) is 0.00830. The largest absolute Gasteiger partial charge is 0.481 e. The van der Waals surface area contributed by atoms with Gasteiger partial charge in [-0.15, -0.1) is 0 Å². The predicted molar refractivity (Wildman–Crippen MR) is 64.5 cm³/mol. The van der Waals surface area contributed by atoms with Crippen LogP contribution < -0.4 is 15.2 Å². The number of rotatable bonds is 3. The minimum atomic E-state index is -0.469. The van der Waals surface area contributed by atoms with Gasteiger partial charge in [0.15, 0.2) is 5.75 Å². The number of hydrogen-bond donors (Lipinski definition) is 1. The van der Waals surface area contributed by atoms with E-state index in [9.17, 15) is 4.39 Å². The maximum absolute atomic E-state index is 13.1.